The number of carbonyl (C=O) groups excluding carboxylic acids is 1. The van der Waals surface area contributed by atoms with Gasteiger partial charge in [-0.25, -0.2) is 0 Å². The van der Waals surface area contributed by atoms with E-state index in [0.717, 1.165) is 10.9 Å². The third-order valence-corrected chi connectivity index (χ3v) is 2.25. The molecule has 72 valence electrons. The molecule has 0 aliphatic carbocycles. The van der Waals surface area contributed by atoms with Gasteiger partial charge in [0.05, 0.1) is 18.3 Å². The lowest BCUT2D eigenvalue weighted by Crippen LogP contribution is -2.13. The first-order valence-corrected chi connectivity index (χ1v) is 4.37. The molecule has 2 rings (SSSR count). The molecule has 1 heterocycles. The summed E-state index contributed by atoms with van der Waals surface area (Å²) >= 11 is 0. The van der Waals surface area contributed by atoms with Crippen LogP contribution in [0.1, 0.15) is 10.4 Å². The van der Waals surface area contributed by atoms with Crippen molar-refractivity contribution in [2.45, 2.75) is 0 Å². The molecule has 0 radical (unpaired) electrons. The maximum absolute atomic E-state index is 11.3. The topological polar surface area (TPSA) is 60.9 Å². The van der Waals surface area contributed by atoms with Gasteiger partial charge >= 0.3 is 0 Å². The lowest BCUT2D eigenvalue weighted by atomic mass is 10.1. The summed E-state index contributed by atoms with van der Waals surface area (Å²) in [4.78, 5) is 11.3. The lowest BCUT2D eigenvalue weighted by Gasteiger charge is -1.98. The first-order valence-electron chi connectivity index (χ1n) is 4.37. The van der Waals surface area contributed by atoms with Crippen LogP contribution in [0.25, 0.3) is 10.9 Å². The summed E-state index contributed by atoms with van der Waals surface area (Å²) in [6.45, 7) is 0.0474. The summed E-state index contributed by atoms with van der Waals surface area (Å²) in [6.07, 6.45) is 1.74. The molecule has 14 heavy (non-hydrogen) atoms. The van der Waals surface area contributed by atoms with E-state index in [1.165, 1.54) is 0 Å². The highest BCUT2D eigenvalue weighted by Crippen LogP contribution is 2.14. The number of aryl methyl sites for hydroxylation is 1. The van der Waals surface area contributed by atoms with E-state index in [2.05, 4.69) is 5.10 Å². The molecule has 4 nitrogen and oxygen atoms in total. The molecule has 1 aromatic heterocycles. The highest BCUT2D eigenvalue weighted by Gasteiger charge is 2.05. The van der Waals surface area contributed by atoms with Crippen LogP contribution < -0.4 is 5.73 Å². The molecular formula is C10H11N3O. The molecule has 0 saturated heterocycles. The number of hydrogen-bond donors (Lipinski definition) is 1. The number of ketones is 1. The van der Waals surface area contributed by atoms with Gasteiger partial charge in [0, 0.05) is 18.0 Å². The van der Waals surface area contributed by atoms with E-state index in [0.29, 0.717) is 5.56 Å². The molecule has 4 heteroatoms. The fourth-order valence-corrected chi connectivity index (χ4v) is 1.45. The third-order valence-electron chi connectivity index (χ3n) is 2.25. The zero-order valence-corrected chi connectivity index (χ0v) is 7.90. The molecule has 0 bridgehead atoms. The molecule has 0 aliphatic heterocycles. The fraction of sp³-hybridized carbons (Fsp3) is 0.200. The van der Waals surface area contributed by atoms with Crippen molar-refractivity contribution in [3.63, 3.8) is 0 Å². The highest BCUT2D eigenvalue weighted by atomic mass is 16.1. The molecule has 0 aliphatic rings. The number of nitrogens with zero attached hydrogens (tertiary/aromatic N) is 2. The van der Waals surface area contributed by atoms with Crippen molar-refractivity contribution in [2.24, 2.45) is 12.8 Å². The minimum atomic E-state index is -0.0456. The summed E-state index contributed by atoms with van der Waals surface area (Å²) in [7, 11) is 1.87. The fourth-order valence-electron chi connectivity index (χ4n) is 1.45. The van der Waals surface area contributed by atoms with Crippen LogP contribution in [0.5, 0.6) is 0 Å². The maximum Gasteiger partial charge on any atom is 0.176 e. The summed E-state index contributed by atoms with van der Waals surface area (Å²) in [5.41, 5.74) is 6.94. The minimum absolute atomic E-state index is 0.0456. The van der Waals surface area contributed by atoms with E-state index in [4.69, 9.17) is 5.73 Å². The lowest BCUT2D eigenvalue weighted by molar-refractivity contribution is 0.100. The molecule has 0 unspecified atom stereocenters. The first-order chi connectivity index (χ1) is 6.72. The Bertz CT molecular complexity index is 487. The zero-order valence-electron chi connectivity index (χ0n) is 7.90. The van der Waals surface area contributed by atoms with Crippen LogP contribution >= 0.6 is 0 Å². The molecule has 1 aromatic carbocycles. The van der Waals surface area contributed by atoms with Crippen molar-refractivity contribution in [1.29, 1.82) is 0 Å². The van der Waals surface area contributed by atoms with Crippen LogP contribution in [-0.4, -0.2) is 22.1 Å². The van der Waals surface area contributed by atoms with Gasteiger partial charge in [0.25, 0.3) is 0 Å². The van der Waals surface area contributed by atoms with E-state index in [-0.39, 0.29) is 12.3 Å². The summed E-state index contributed by atoms with van der Waals surface area (Å²) in [5.74, 6) is -0.0456. The van der Waals surface area contributed by atoms with Crippen LogP contribution in [0.2, 0.25) is 0 Å². The molecule has 2 N–H and O–H groups in total. The van der Waals surface area contributed by atoms with Gasteiger partial charge in [0.2, 0.25) is 0 Å². The molecule has 0 fully saturated rings. The van der Waals surface area contributed by atoms with Crippen molar-refractivity contribution in [3.05, 3.63) is 30.0 Å². The highest BCUT2D eigenvalue weighted by molar-refractivity contribution is 6.00. The van der Waals surface area contributed by atoms with Gasteiger partial charge in [-0.1, -0.05) is 0 Å². The monoisotopic (exact) mass is 189 g/mol. The van der Waals surface area contributed by atoms with Crippen molar-refractivity contribution < 1.29 is 4.79 Å². The van der Waals surface area contributed by atoms with Crippen LogP contribution in [0.15, 0.2) is 24.4 Å². The smallest absolute Gasteiger partial charge is 0.176 e. The number of aromatic nitrogens is 2. The molecule has 0 saturated carbocycles. The van der Waals surface area contributed by atoms with Gasteiger partial charge in [0.15, 0.2) is 5.78 Å². The largest absolute Gasteiger partial charge is 0.324 e. The number of benzene rings is 1. The molecule has 0 atom stereocenters. The van der Waals surface area contributed by atoms with E-state index in [1.54, 1.807) is 16.9 Å². The number of rotatable bonds is 2. The second-order valence-corrected chi connectivity index (χ2v) is 3.17. The van der Waals surface area contributed by atoms with Crippen LogP contribution in [0.3, 0.4) is 0 Å². The van der Waals surface area contributed by atoms with Gasteiger partial charge < -0.3 is 5.73 Å². The summed E-state index contributed by atoms with van der Waals surface area (Å²) < 4.78 is 1.77. The quantitative estimate of drug-likeness (QED) is 0.708. The van der Waals surface area contributed by atoms with Gasteiger partial charge in [-0.3, -0.25) is 9.48 Å². The zero-order chi connectivity index (χ0) is 10.1. The average molecular weight is 189 g/mol. The Morgan fingerprint density at radius 1 is 1.57 bits per heavy atom. The second-order valence-electron chi connectivity index (χ2n) is 3.17. The number of fused-ring (bicyclic) bond motifs is 1. The van der Waals surface area contributed by atoms with Crippen molar-refractivity contribution >= 4 is 16.7 Å². The second kappa shape index (κ2) is 3.23. The molecule has 2 aromatic rings. The predicted octanol–water partition coefficient (Wildman–Crippen LogP) is 0.715. The SMILES string of the molecule is Cn1ncc2cc(C(=O)CN)ccc21. The number of Topliss-reactive ketones (excluding diaryl/α,β-unsaturated/α-hetero) is 1. The van der Waals surface area contributed by atoms with Crippen LogP contribution in [0, 0.1) is 0 Å². The van der Waals surface area contributed by atoms with Gasteiger partial charge in [-0.15, -0.1) is 0 Å². The van der Waals surface area contributed by atoms with Crippen molar-refractivity contribution in [1.82, 2.24) is 9.78 Å². The Morgan fingerprint density at radius 2 is 2.36 bits per heavy atom. The van der Waals surface area contributed by atoms with E-state index in [9.17, 15) is 4.79 Å². The standard InChI is InChI=1S/C10H11N3O/c1-13-9-3-2-7(10(14)5-11)4-8(9)6-12-13/h2-4,6H,5,11H2,1H3. The van der Waals surface area contributed by atoms with Gasteiger partial charge in [0.1, 0.15) is 0 Å². The normalized spacial score (nSPS) is 10.7. The van der Waals surface area contributed by atoms with Crippen LogP contribution in [0.4, 0.5) is 0 Å². The Kier molecular flexibility index (Phi) is 2.05. The molecule has 0 amide bonds. The van der Waals surface area contributed by atoms with E-state index in [1.807, 2.05) is 19.2 Å². The Hall–Kier alpha value is -1.68. The maximum atomic E-state index is 11.3. The number of nitrogens with two attached hydrogens (primary N) is 1. The first kappa shape index (κ1) is 8.90. The number of carbonyl (C=O) groups is 1. The number of hydrogen-bond acceptors (Lipinski definition) is 3. The average Bonchev–Trinajstić information content (AvgIpc) is 2.59. The van der Waals surface area contributed by atoms with Gasteiger partial charge in [-0.05, 0) is 18.2 Å². The van der Waals surface area contributed by atoms with Crippen molar-refractivity contribution in [2.75, 3.05) is 6.54 Å². The van der Waals surface area contributed by atoms with Crippen LogP contribution in [-0.2, 0) is 7.05 Å². The minimum Gasteiger partial charge on any atom is -0.324 e. The Balaban J connectivity index is 2.57. The van der Waals surface area contributed by atoms with E-state index >= 15 is 0 Å². The predicted molar refractivity (Wildman–Crippen MR) is 54.1 cm³/mol. The summed E-state index contributed by atoms with van der Waals surface area (Å²) in [6, 6.07) is 5.47. The van der Waals surface area contributed by atoms with Gasteiger partial charge in [-0.2, -0.15) is 5.10 Å². The molecular weight excluding hydrogens is 178 g/mol. The third kappa shape index (κ3) is 1.29. The molecule has 0 spiro atoms. The van der Waals surface area contributed by atoms with Crippen molar-refractivity contribution in [3.8, 4) is 0 Å². The Morgan fingerprint density at radius 3 is 3.07 bits per heavy atom. The summed E-state index contributed by atoms with van der Waals surface area (Å²) in [5, 5.41) is 5.06. The Labute approximate surface area is 81.3 Å². The van der Waals surface area contributed by atoms with E-state index < -0.39 is 0 Å².